The monoisotopic (exact) mass is 277 g/mol. The first-order chi connectivity index (χ1) is 9.72. The topological polar surface area (TPSA) is 60.2 Å². The molecule has 0 radical (unpaired) electrons. The van der Waals surface area contributed by atoms with Gasteiger partial charge in [0.25, 0.3) is 0 Å². The van der Waals surface area contributed by atoms with Crippen molar-refractivity contribution in [3.05, 3.63) is 35.5 Å². The minimum atomic E-state index is -0.235. The molecule has 0 spiro atoms. The van der Waals surface area contributed by atoms with E-state index in [9.17, 15) is 4.39 Å². The van der Waals surface area contributed by atoms with Crippen molar-refractivity contribution < 1.29 is 13.7 Å². The molecule has 1 N–H and O–H groups in total. The average molecular weight is 277 g/mol. The van der Waals surface area contributed by atoms with Crippen molar-refractivity contribution >= 4 is 0 Å². The molecule has 0 bridgehead atoms. The quantitative estimate of drug-likeness (QED) is 0.925. The lowest BCUT2D eigenvalue weighted by atomic mass is 10.1. The van der Waals surface area contributed by atoms with Crippen LogP contribution < -0.4 is 5.32 Å². The van der Waals surface area contributed by atoms with E-state index in [1.165, 1.54) is 6.07 Å². The van der Waals surface area contributed by atoms with Gasteiger partial charge in [-0.25, -0.2) is 4.39 Å². The molecular weight excluding hydrogens is 261 g/mol. The molecule has 0 amide bonds. The Bertz CT molecular complexity index is 594. The van der Waals surface area contributed by atoms with Crippen molar-refractivity contribution in [2.24, 2.45) is 0 Å². The zero-order valence-electron chi connectivity index (χ0n) is 11.2. The van der Waals surface area contributed by atoms with Crippen molar-refractivity contribution in [1.29, 1.82) is 0 Å². The van der Waals surface area contributed by atoms with Gasteiger partial charge in [0.1, 0.15) is 5.82 Å². The lowest BCUT2D eigenvalue weighted by Gasteiger charge is -2.22. The summed E-state index contributed by atoms with van der Waals surface area (Å²) in [5, 5.41) is 7.28. The molecule has 5 nitrogen and oxygen atoms in total. The molecule has 20 heavy (non-hydrogen) atoms. The van der Waals surface area contributed by atoms with Crippen LogP contribution in [0.15, 0.2) is 22.7 Å². The summed E-state index contributed by atoms with van der Waals surface area (Å²) in [6.45, 7) is 3.93. The third kappa shape index (κ3) is 2.86. The van der Waals surface area contributed by atoms with Gasteiger partial charge in [-0.2, -0.15) is 4.98 Å². The van der Waals surface area contributed by atoms with Gasteiger partial charge in [-0.3, -0.25) is 0 Å². The predicted octanol–water partition coefficient (Wildman–Crippen LogP) is 1.72. The van der Waals surface area contributed by atoms with Gasteiger partial charge in [0, 0.05) is 24.6 Å². The Labute approximate surface area is 116 Å². The molecule has 1 unspecified atom stereocenters. The van der Waals surface area contributed by atoms with E-state index < -0.39 is 0 Å². The molecule has 3 rings (SSSR count). The van der Waals surface area contributed by atoms with Gasteiger partial charge in [0.2, 0.25) is 11.7 Å². The molecule has 1 atom stereocenters. The molecule has 1 aromatic carbocycles. The van der Waals surface area contributed by atoms with E-state index in [4.69, 9.17) is 9.26 Å². The first kappa shape index (κ1) is 13.2. The molecule has 2 aromatic rings. The highest BCUT2D eigenvalue weighted by atomic mass is 19.1. The van der Waals surface area contributed by atoms with Crippen LogP contribution >= 0.6 is 0 Å². The zero-order chi connectivity index (χ0) is 13.9. The number of rotatable bonds is 3. The summed E-state index contributed by atoms with van der Waals surface area (Å²) in [6, 6.07) is 4.98. The third-order valence-electron chi connectivity index (χ3n) is 3.30. The van der Waals surface area contributed by atoms with Gasteiger partial charge < -0.3 is 14.6 Å². The third-order valence-corrected chi connectivity index (χ3v) is 3.30. The summed E-state index contributed by atoms with van der Waals surface area (Å²) in [5.41, 5.74) is 1.32. The second kappa shape index (κ2) is 5.68. The van der Waals surface area contributed by atoms with Crippen LogP contribution in [0.3, 0.4) is 0 Å². The molecule has 6 heteroatoms. The summed E-state index contributed by atoms with van der Waals surface area (Å²) in [7, 11) is 0. The van der Waals surface area contributed by atoms with E-state index in [1.807, 2.05) is 0 Å². The van der Waals surface area contributed by atoms with E-state index in [0.717, 1.165) is 18.7 Å². The molecule has 1 aromatic heterocycles. The van der Waals surface area contributed by atoms with Gasteiger partial charge in [-0.05, 0) is 30.7 Å². The van der Waals surface area contributed by atoms with Crippen LogP contribution in [0.2, 0.25) is 0 Å². The SMILES string of the molecule is Cc1cc(-c2noc(CC3COCCN3)n2)ccc1F. The minimum absolute atomic E-state index is 0.201. The molecule has 0 saturated carbocycles. The van der Waals surface area contributed by atoms with Crippen molar-refractivity contribution in [3.63, 3.8) is 0 Å². The molecule has 1 aliphatic rings. The Hall–Kier alpha value is -1.79. The van der Waals surface area contributed by atoms with Crippen LogP contribution in [0.1, 0.15) is 11.5 Å². The number of ether oxygens (including phenoxy) is 1. The van der Waals surface area contributed by atoms with Gasteiger partial charge in [-0.1, -0.05) is 5.16 Å². The van der Waals surface area contributed by atoms with Crippen molar-refractivity contribution in [1.82, 2.24) is 15.5 Å². The average Bonchev–Trinajstić information content (AvgIpc) is 2.91. The number of nitrogens with one attached hydrogen (secondary N) is 1. The largest absolute Gasteiger partial charge is 0.378 e. The maximum atomic E-state index is 13.2. The Kier molecular flexibility index (Phi) is 3.75. The standard InChI is InChI=1S/C14H16FN3O2/c1-9-6-10(2-3-12(9)15)14-17-13(20-18-14)7-11-8-19-5-4-16-11/h2-3,6,11,16H,4-5,7-8H2,1H3. The maximum absolute atomic E-state index is 13.2. The molecule has 0 aliphatic carbocycles. The second-order valence-electron chi connectivity index (χ2n) is 4.91. The molecule has 1 saturated heterocycles. The first-order valence-corrected chi connectivity index (χ1v) is 6.62. The highest BCUT2D eigenvalue weighted by molar-refractivity contribution is 5.55. The smallest absolute Gasteiger partial charge is 0.228 e. The van der Waals surface area contributed by atoms with Crippen LogP contribution in [-0.4, -0.2) is 35.9 Å². The fourth-order valence-electron chi connectivity index (χ4n) is 2.20. The molecule has 106 valence electrons. The molecule has 2 heterocycles. The number of aromatic nitrogens is 2. The number of benzene rings is 1. The van der Waals surface area contributed by atoms with E-state index in [2.05, 4.69) is 15.5 Å². The Morgan fingerprint density at radius 3 is 3.10 bits per heavy atom. The van der Waals surface area contributed by atoms with Crippen molar-refractivity contribution in [3.8, 4) is 11.4 Å². The van der Waals surface area contributed by atoms with Crippen molar-refractivity contribution in [2.45, 2.75) is 19.4 Å². The van der Waals surface area contributed by atoms with Crippen LogP contribution in [0.4, 0.5) is 4.39 Å². The van der Waals surface area contributed by atoms with Gasteiger partial charge in [0.15, 0.2) is 0 Å². The Morgan fingerprint density at radius 2 is 2.35 bits per heavy atom. The Balaban J connectivity index is 1.73. The number of halogens is 1. The van der Waals surface area contributed by atoms with E-state index >= 15 is 0 Å². The summed E-state index contributed by atoms with van der Waals surface area (Å²) < 4.78 is 23.9. The van der Waals surface area contributed by atoms with Crippen LogP contribution in [0.5, 0.6) is 0 Å². The number of morpholine rings is 1. The normalized spacial score (nSPS) is 19.2. The Morgan fingerprint density at radius 1 is 1.45 bits per heavy atom. The van der Waals surface area contributed by atoms with Crippen LogP contribution in [0.25, 0.3) is 11.4 Å². The lowest BCUT2D eigenvalue weighted by molar-refractivity contribution is 0.0744. The number of hydrogen-bond donors (Lipinski definition) is 1. The predicted molar refractivity (Wildman–Crippen MR) is 70.7 cm³/mol. The lowest BCUT2D eigenvalue weighted by Crippen LogP contribution is -2.42. The van der Waals surface area contributed by atoms with E-state index in [-0.39, 0.29) is 11.9 Å². The number of hydrogen-bond acceptors (Lipinski definition) is 5. The molecule has 1 aliphatic heterocycles. The number of nitrogens with zero attached hydrogens (tertiary/aromatic N) is 2. The van der Waals surface area contributed by atoms with E-state index in [0.29, 0.717) is 30.3 Å². The minimum Gasteiger partial charge on any atom is -0.378 e. The van der Waals surface area contributed by atoms with Crippen LogP contribution in [-0.2, 0) is 11.2 Å². The summed E-state index contributed by atoms with van der Waals surface area (Å²) in [6.07, 6.45) is 0.632. The van der Waals surface area contributed by atoms with Crippen molar-refractivity contribution in [2.75, 3.05) is 19.8 Å². The van der Waals surface area contributed by atoms with Gasteiger partial charge in [-0.15, -0.1) is 0 Å². The molecular formula is C14H16FN3O2. The summed E-state index contributed by atoms with van der Waals surface area (Å²) in [4.78, 5) is 4.35. The maximum Gasteiger partial charge on any atom is 0.228 e. The summed E-state index contributed by atoms with van der Waals surface area (Å²) >= 11 is 0. The highest BCUT2D eigenvalue weighted by Gasteiger charge is 2.18. The zero-order valence-corrected chi connectivity index (χ0v) is 11.2. The summed E-state index contributed by atoms with van der Waals surface area (Å²) in [5.74, 6) is 0.811. The first-order valence-electron chi connectivity index (χ1n) is 6.62. The fourth-order valence-corrected chi connectivity index (χ4v) is 2.20. The highest BCUT2D eigenvalue weighted by Crippen LogP contribution is 2.19. The number of aryl methyl sites for hydroxylation is 1. The van der Waals surface area contributed by atoms with Gasteiger partial charge in [0.05, 0.1) is 13.2 Å². The molecule has 1 fully saturated rings. The fraction of sp³-hybridized carbons (Fsp3) is 0.429. The van der Waals surface area contributed by atoms with E-state index in [1.54, 1.807) is 19.1 Å². The van der Waals surface area contributed by atoms with Crippen LogP contribution in [0, 0.1) is 12.7 Å². The second-order valence-corrected chi connectivity index (χ2v) is 4.91. The van der Waals surface area contributed by atoms with Gasteiger partial charge >= 0.3 is 0 Å².